The van der Waals surface area contributed by atoms with Gasteiger partial charge in [0, 0.05) is 5.39 Å². The Bertz CT molecular complexity index is 628. The lowest BCUT2D eigenvalue weighted by atomic mass is 10.2. The molecule has 0 aliphatic carbocycles. The first kappa shape index (κ1) is 8.44. The molecule has 0 amide bonds. The zero-order valence-electron chi connectivity index (χ0n) is 8.09. The Morgan fingerprint density at radius 3 is 2.87 bits per heavy atom. The first-order valence-corrected chi connectivity index (χ1v) is 4.86. The summed E-state index contributed by atoms with van der Waals surface area (Å²) in [6.45, 7) is -0.0179. The van der Waals surface area contributed by atoms with Gasteiger partial charge < -0.3 is 5.11 Å². The van der Waals surface area contributed by atoms with Gasteiger partial charge in [-0.2, -0.15) is 5.10 Å². The van der Waals surface area contributed by atoms with Crippen molar-refractivity contribution in [3.05, 3.63) is 48.2 Å². The van der Waals surface area contributed by atoms with Crippen molar-refractivity contribution in [3.63, 3.8) is 0 Å². The third kappa shape index (κ3) is 1.21. The lowest BCUT2D eigenvalue weighted by Crippen LogP contribution is -1.91. The second kappa shape index (κ2) is 3.07. The van der Waals surface area contributed by atoms with Crippen LogP contribution in [0.15, 0.2) is 42.5 Å². The van der Waals surface area contributed by atoms with Crippen molar-refractivity contribution < 1.29 is 5.11 Å². The number of nitrogens with zero attached hydrogens (tertiary/aromatic N) is 2. The summed E-state index contributed by atoms with van der Waals surface area (Å²) in [6, 6.07) is 14.0. The maximum Gasteiger partial charge on any atom is 0.0889 e. The minimum atomic E-state index is -0.0179. The molecule has 15 heavy (non-hydrogen) atoms. The van der Waals surface area contributed by atoms with Gasteiger partial charge in [-0.05, 0) is 18.2 Å². The largest absolute Gasteiger partial charge is 0.390 e. The maximum atomic E-state index is 9.03. The first-order chi connectivity index (χ1) is 7.38. The fourth-order valence-corrected chi connectivity index (χ4v) is 1.83. The van der Waals surface area contributed by atoms with E-state index in [0.29, 0.717) is 5.69 Å². The molecule has 1 N–H and O–H groups in total. The van der Waals surface area contributed by atoms with Crippen molar-refractivity contribution in [2.45, 2.75) is 6.61 Å². The van der Waals surface area contributed by atoms with E-state index in [1.807, 2.05) is 34.8 Å². The Morgan fingerprint density at radius 2 is 2.00 bits per heavy atom. The molecule has 3 heteroatoms. The number of aliphatic hydroxyl groups excluding tert-OH is 1. The molecule has 0 radical (unpaired) electrons. The standard InChI is InChI=1S/C12H10N2O/c15-8-10-7-11-6-5-9-3-1-2-4-12(9)14(11)13-10/h1-7,15H,8H2. The first-order valence-electron chi connectivity index (χ1n) is 4.86. The number of para-hydroxylation sites is 1. The summed E-state index contributed by atoms with van der Waals surface area (Å²) in [6.07, 6.45) is 0. The van der Waals surface area contributed by atoms with E-state index < -0.39 is 0 Å². The monoisotopic (exact) mass is 198 g/mol. The molecule has 0 aliphatic heterocycles. The molecular weight excluding hydrogens is 188 g/mol. The van der Waals surface area contributed by atoms with Crippen LogP contribution in [0.5, 0.6) is 0 Å². The number of benzene rings is 1. The minimum Gasteiger partial charge on any atom is -0.390 e. The summed E-state index contributed by atoms with van der Waals surface area (Å²) < 4.78 is 1.86. The van der Waals surface area contributed by atoms with Gasteiger partial charge in [0.15, 0.2) is 0 Å². The van der Waals surface area contributed by atoms with Crippen LogP contribution < -0.4 is 0 Å². The van der Waals surface area contributed by atoms with Gasteiger partial charge in [-0.3, -0.25) is 0 Å². The average Bonchev–Trinajstić information content (AvgIpc) is 2.72. The van der Waals surface area contributed by atoms with E-state index in [-0.39, 0.29) is 6.61 Å². The zero-order chi connectivity index (χ0) is 10.3. The minimum absolute atomic E-state index is 0.0179. The summed E-state index contributed by atoms with van der Waals surface area (Å²) in [5.74, 6) is 0. The zero-order valence-corrected chi connectivity index (χ0v) is 8.09. The molecule has 1 aromatic carbocycles. The SMILES string of the molecule is OCc1cc2ccc3ccccc3n2n1. The van der Waals surface area contributed by atoms with Crippen LogP contribution in [0.1, 0.15) is 5.69 Å². The van der Waals surface area contributed by atoms with Gasteiger partial charge in [0.1, 0.15) is 0 Å². The van der Waals surface area contributed by atoms with E-state index in [1.54, 1.807) is 0 Å². The maximum absolute atomic E-state index is 9.03. The van der Waals surface area contributed by atoms with Crippen molar-refractivity contribution in [2.75, 3.05) is 0 Å². The predicted octanol–water partition coefficient (Wildman–Crippen LogP) is 1.98. The van der Waals surface area contributed by atoms with Crippen LogP contribution in [0.25, 0.3) is 16.4 Å². The van der Waals surface area contributed by atoms with Crippen LogP contribution in [-0.2, 0) is 6.61 Å². The van der Waals surface area contributed by atoms with Gasteiger partial charge in [0.05, 0.1) is 23.3 Å². The molecule has 0 unspecified atom stereocenters. The number of pyridine rings is 1. The topological polar surface area (TPSA) is 37.5 Å². The molecule has 0 spiro atoms. The molecule has 3 rings (SSSR count). The molecule has 0 atom stereocenters. The van der Waals surface area contributed by atoms with Crippen LogP contribution in [0.2, 0.25) is 0 Å². The Labute approximate surface area is 86.6 Å². The van der Waals surface area contributed by atoms with Crippen molar-refractivity contribution >= 4 is 16.4 Å². The summed E-state index contributed by atoms with van der Waals surface area (Å²) in [5.41, 5.74) is 2.78. The highest BCUT2D eigenvalue weighted by atomic mass is 16.3. The highest BCUT2D eigenvalue weighted by Gasteiger charge is 2.03. The number of hydrogen-bond donors (Lipinski definition) is 1. The van der Waals surface area contributed by atoms with Crippen molar-refractivity contribution in [2.24, 2.45) is 0 Å². The second-order valence-electron chi connectivity index (χ2n) is 3.52. The van der Waals surface area contributed by atoms with E-state index in [1.165, 1.54) is 0 Å². The van der Waals surface area contributed by atoms with E-state index >= 15 is 0 Å². The van der Waals surface area contributed by atoms with Crippen molar-refractivity contribution in [1.29, 1.82) is 0 Å². The molecule has 2 heterocycles. The normalized spacial score (nSPS) is 11.3. The van der Waals surface area contributed by atoms with Crippen LogP contribution in [0, 0.1) is 0 Å². The third-order valence-corrected chi connectivity index (χ3v) is 2.55. The van der Waals surface area contributed by atoms with Gasteiger partial charge >= 0.3 is 0 Å². The number of fused-ring (bicyclic) bond motifs is 3. The Balaban J connectivity index is 2.47. The summed E-state index contributed by atoms with van der Waals surface area (Å²) >= 11 is 0. The van der Waals surface area contributed by atoms with E-state index in [2.05, 4.69) is 17.2 Å². The Morgan fingerprint density at radius 1 is 1.13 bits per heavy atom. The second-order valence-corrected chi connectivity index (χ2v) is 3.52. The van der Waals surface area contributed by atoms with Crippen LogP contribution >= 0.6 is 0 Å². The molecule has 0 saturated carbocycles. The summed E-state index contributed by atoms with van der Waals surface area (Å²) in [7, 11) is 0. The smallest absolute Gasteiger partial charge is 0.0889 e. The number of aromatic nitrogens is 2. The average molecular weight is 198 g/mol. The molecule has 0 aliphatic rings. The molecule has 74 valence electrons. The molecular formula is C12H10N2O. The Hall–Kier alpha value is -1.87. The molecule has 0 fully saturated rings. The van der Waals surface area contributed by atoms with E-state index in [9.17, 15) is 0 Å². The Kier molecular flexibility index (Phi) is 1.73. The van der Waals surface area contributed by atoms with Crippen LogP contribution in [0.3, 0.4) is 0 Å². The van der Waals surface area contributed by atoms with Gasteiger partial charge in [-0.25, -0.2) is 4.52 Å². The molecule has 3 aromatic rings. The van der Waals surface area contributed by atoms with Crippen molar-refractivity contribution in [3.8, 4) is 0 Å². The van der Waals surface area contributed by atoms with Gasteiger partial charge in [-0.1, -0.05) is 24.3 Å². The molecule has 2 aromatic heterocycles. The lowest BCUT2D eigenvalue weighted by molar-refractivity contribution is 0.276. The lowest BCUT2D eigenvalue weighted by Gasteiger charge is -1.99. The quantitative estimate of drug-likeness (QED) is 0.649. The number of hydrogen-bond acceptors (Lipinski definition) is 2. The van der Waals surface area contributed by atoms with Crippen LogP contribution in [0.4, 0.5) is 0 Å². The summed E-state index contributed by atoms with van der Waals surface area (Å²) in [4.78, 5) is 0. The molecule has 3 nitrogen and oxygen atoms in total. The van der Waals surface area contributed by atoms with E-state index in [4.69, 9.17) is 5.11 Å². The number of aliphatic hydroxyl groups is 1. The van der Waals surface area contributed by atoms with Gasteiger partial charge in [-0.15, -0.1) is 0 Å². The van der Waals surface area contributed by atoms with E-state index in [0.717, 1.165) is 16.4 Å². The third-order valence-electron chi connectivity index (χ3n) is 2.55. The highest BCUT2D eigenvalue weighted by Crippen LogP contribution is 2.17. The predicted molar refractivity (Wildman–Crippen MR) is 58.6 cm³/mol. The number of rotatable bonds is 1. The molecule has 0 bridgehead atoms. The highest BCUT2D eigenvalue weighted by molar-refractivity contribution is 5.82. The van der Waals surface area contributed by atoms with Gasteiger partial charge in [0.25, 0.3) is 0 Å². The fraction of sp³-hybridized carbons (Fsp3) is 0.0833. The summed E-state index contributed by atoms with van der Waals surface area (Å²) in [5, 5.41) is 14.5. The fourth-order valence-electron chi connectivity index (χ4n) is 1.83. The van der Waals surface area contributed by atoms with Crippen LogP contribution in [-0.4, -0.2) is 14.7 Å². The van der Waals surface area contributed by atoms with Crippen molar-refractivity contribution in [1.82, 2.24) is 9.61 Å². The molecule has 0 saturated heterocycles. The van der Waals surface area contributed by atoms with Gasteiger partial charge in [0.2, 0.25) is 0 Å².